The summed E-state index contributed by atoms with van der Waals surface area (Å²) in [5, 5.41) is 3.31. The predicted octanol–water partition coefficient (Wildman–Crippen LogP) is 1.04. The maximum Gasteiger partial charge on any atom is 0.231 e. The molecule has 1 heterocycles. The zero-order valence-corrected chi connectivity index (χ0v) is 10.9. The van der Waals surface area contributed by atoms with Crippen molar-refractivity contribution in [1.82, 2.24) is 5.32 Å². The first-order valence-corrected chi connectivity index (χ1v) is 6.14. The number of rotatable bonds is 6. The van der Waals surface area contributed by atoms with E-state index in [1.165, 1.54) is 0 Å². The summed E-state index contributed by atoms with van der Waals surface area (Å²) in [5.74, 6) is 4.58. The van der Waals surface area contributed by atoms with E-state index < -0.39 is 0 Å². The average molecular weight is 262 g/mol. The molecule has 0 aliphatic carbocycles. The van der Waals surface area contributed by atoms with Gasteiger partial charge in [0.05, 0.1) is 7.11 Å². The van der Waals surface area contributed by atoms with Crippen LogP contribution in [-0.2, 0) is 0 Å². The van der Waals surface area contributed by atoms with Gasteiger partial charge in [0, 0.05) is 25.6 Å². The van der Waals surface area contributed by atoms with E-state index in [0.29, 0.717) is 30.2 Å². The Hall–Kier alpha value is -1.90. The summed E-state index contributed by atoms with van der Waals surface area (Å²) < 4.78 is 16.1. The lowest BCUT2D eigenvalue weighted by Gasteiger charge is -2.18. The molecule has 0 radical (unpaired) electrons. The maximum atomic E-state index is 5.80. The number of fused-ring (bicyclic) bond motifs is 1. The molecule has 2 rings (SSSR count). The highest BCUT2D eigenvalue weighted by atomic mass is 16.7. The molecule has 102 valence electrons. The second-order valence-corrected chi connectivity index (χ2v) is 4.15. The van der Waals surface area contributed by atoms with E-state index in [-0.39, 0.29) is 12.8 Å². The Morgan fingerprint density at radius 3 is 3.05 bits per heavy atom. The molecule has 0 saturated carbocycles. The third-order valence-electron chi connectivity index (χ3n) is 2.98. The number of nitrogens with two attached hydrogens (primary N) is 1. The van der Waals surface area contributed by atoms with Gasteiger partial charge >= 0.3 is 0 Å². The van der Waals surface area contributed by atoms with Crippen molar-refractivity contribution in [2.45, 2.75) is 12.5 Å². The van der Waals surface area contributed by atoms with Gasteiger partial charge in [-0.15, -0.1) is 12.3 Å². The van der Waals surface area contributed by atoms with Crippen LogP contribution in [0, 0.1) is 12.3 Å². The minimum atomic E-state index is 0.0109. The molecule has 3 N–H and O–H groups in total. The van der Waals surface area contributed by atoms with E-state index in [0.717, 1.165) is 12.1 Å². The monoisotopic (exact) mass is 262 g/mol. The largest absolute Gasteiger partial charge is 0.493 e. The summed E-state index contributed by atoms with van der Waals surface area (Å²) >= 11 is 0. The Bertz CT molecular complexity index is 482. The lowest BCUT2D eigenvalue weighted by atomic mass is 10.1. The fourth-order valence-electron chi connectivity index (χ4n) is 2.01. The van der Waals surface area contributed by atoms with Crippen LogP contribution in [0.25, 0.3) is 0 Å². The van der Waals surface area contributed by atoms with Crippen LogP contribution in [0.1, 0.15) is 18.0 Å². The number of ether oxygens (including phenoxy) is 3. The summed E-state index contributed by atoms with van der Waals surface area (Å²) in [6.45, 7) is 1.40. The zero-order valence-electron chi connectivity index (χ0n) is 10.9. The minimum Gasteiger partial charge on any atom is -0.493 e. The predicted molar refractivity (Wildman–Crippen MR) is 72.4 cm³/mol. The van der Waals surface area contributed by atoms with Gasteiger partial charge < -0.3 is 25.3 Å². The Kier molecular flexibility index (Phi) is 4.50. The Labute approximate surface area is 113 Å². The SMILES string of the molecule is C#CCCNC(CN)c1cc(OC)c2c(c1)OCO2. The summed E-state index contributed by atoms with van der Waals surface area (Å²) in [5.41, 5.74) is 6.80. The van der Waals surface area contributed by atoms with Gasteiger partial charge in [0.1, 0.15) is 0 Å². The summed E-state index contributed by atoms with van der Waals surface area (Å²) in [7, 11) is 1.60. The summed E-state index contributed by atoms with van der Waals surface area (Å²) in [4.78, 5) is 0. The summed E-state index contributed by atoms with van der Waals surface area (Å²) in [6, 6.07) is 3.84. The Morgan fingerprint density at radius 1 is 1.53 bits per heavy atom. The van der Waals surface area contributed by atoms with E-state index in [1.54, 1.807) is 7.11 Å². The summed E-state index contributed by atoms with van der Waals surface area (Å²) in [6.07, 6.45) is 5.90. The van der Waals surface area contributed by atoms with Crippen molar-refractivity contribution in [2.75, 3.05) is 27.0 Å². The minimum absolute atomic E-state index is 0.0109. The standard InChI is InChI=1S/C14H18N2O3/c1-3-4-5-16-11(8-15)10-6-12(17-2)14-13(7-10)18-9-19-14/h1,6-7,11,16H,4-5,8-9,15H2,2H3. The molecule has 0 bridgehead atoms. The highest BCUT2D eigenvalue weighted by Crippen LogP contribution is 2.42. The maximum absolute atomic E-state index is 5.80. The highest BCUT2D eigenvalue weighted by molar-refractivity contribution is 5.55. The van der Waals surface area contributed by atoms with Gasteiger partial charge in [0.2, 0.25) is 12.5 Å². The fourth-order valence-corrected chi connectivity index (χ4v) is 2.01. The third-order valence-corrected chi connectivity index (χ3v) is 2.98. The normalized spacial score (nSPS) is 13.9. The van der Waals surface area contributed by atoms with Crippen molar-refractivity contribution in [1.29, 1.82) is 0 Å². The van der Waals surface area contributed by atoms with E-state index in [1.807, 2.05) is 12.1 Å². The molecule has 1 aliphatic rings. The van der Waals surface area contributed by atoms with Crippen molar-refractivity contribution < 1.29 is 14.2 Å². The number of hydrogen-bond acceptors (Lipinski definition) is 5. The van der Waals surface area contributed by atoms with Crippen LogP contribution in [0.15, 0.2) is 12.1 Å². The zero-order chi connectivity index (χ0) is 13.7. The van der Waals surface area contributed by atoms with Gasteiger partial charge in [0.15, 0.2) is 11.5 Å². The van der Waals surface area contributed by atoms with Gasteiger partial charge in [0.25, 0.3) is 0 Å². The highest BCUT2D eigenvalue weighted by Gasteiger charge is 2.22. The van der Waals surface area contributed by atoms with E-state index in [2.05, 4.69) is 11.2 Å². The molecular formula is C14H18N2O3. The van der Waals surface area contributed by atoms with Crippen molar-refractivity contribution in [2.24, 2.45) is 5.73 Å². The van der Waals surface area contributed by atoms with E-state index >= 15 is 0 Å². The first-order chi connectivity index (χ1) is 9.30. The van der Waals surface area contributed by atoms with Crippen LogP contribution in [0.2, 0.25) is 0 Å². The van der Waals surface area contributed by atoms with Gasteiger partial charge in [-0.1, -0.05) is 0 Å². The molecule has 0 spiro atoms. The van der Waals surface area contributed by atoms with Gasteiger partial charge in [-0.25, -0.2) is 0 Å². The molecule has 1 aromatic carbocycles. The molecule has 1 unspecified atom stereocenters. The molecule has 5 nitrogen and oxygen atoms in total. The van der Waals surface area contributed by atoms with E-state index in [4.69, 9.17) is 26.4 Å². The molecule has 0 fully saturated rings. The van der Waals surface area contributed by atoms with Crippen molar-refractivity contribution >= 4 is 0 Å². The van der Waals surface area contributed by atoms with Crippen LogP contribution < -0.4 is 25.3 Å². The molecule has 0 aromatic heterocycles. The van der Waals surface area contributed by atoms with Gasteiger partial charge in [-0.2, -0.15) is 0 Å². The quantitative estimate of drug-likeness (QED) is 0.592. The van der Waals surface area contributed by atoms with Crippen LogP contribution >= 0.6 is 0 Å². The van der Waals surface area contributed by atoms with Crippen molar-refractivity contribution in [3.63, 3.8) is 0 Å². The smallest absolute Gasteiger partial charge is 0.231 e. The molecule has 1 aromatic rings. The van der Waals surface area contributed by atoms with Crippen LogP contribution in [0.4, 0.5) is 0 Å². The number of methoxy groups -OCH3 is 1. The van der Waals surface area contributed by atoms with Crippen LogP contribution in [0.5, 0.6) is 17.2 Å². The van der Waals surface area contributed by atoms with Gasteiger partial charge in [-0.05, 0) is 17.7 Å². The van der Waals surface area contributed by atoms with Crippen LogP contribution in [0.3, 0.4) is 0 Å². The average Bonchev–Trinajstić information content (AvgIpc) is 2.91. The Morgan fingerprint density at radius 2 is 2.37 bits per heavy atom. The number of hydrogen-bond donors (Lipinski definition) is 2. The number of benzene rings is 1. The third kappa shape index (κ3) is 2.92. The van der Waals surface area contributed by atoms with Crippen LogP contribution in [-0.4, -0.2) is 27.0 Å². The number of nitrogens with one attached hydrogen (secondary N) is 1. The lowest BCUT2D eigenvalue weighted by Crippen LogP contribution is -2.28. The number of terminal acetylenes is 1. The molecule has 0 amide bonds. The molecule has 19 heavy (non-hydrogen) atoms. The molecule has 1 aliphatic heterocycles. The molecular weight excluding hydrogens is 244 g/mol. The first kappa shape index (κ1) is 13.5. The van der Waals surface area contributed by atoms with Crippen molar-refractivity contribution in [3.8, 4) is 29.6 Å². The van der Waals surface area contributed by atoms with Crippen molar-refractivity contribution in [3.05, 3.63) is 17.7 Å². The van der Waals surface area contributed by atoms with Gasteiger partial charge in [-0.3, -0.25) is 0 Å². The molecule has 0 saturated heterocycles. The molecule has 1 atom stereocenters. The topological polar surface area (TPSA) is 65.7 Å². The van der Waals surface area contributed by atoms with E-state index in [9.17, 15) is 0 Å². The Balaban J connectivity index is 2.21. The lowest BCUT2D eigenvalue weighted by molar-refractivity contribution is 0.171. The fraction of sp³-hybridized carbons (Fsp3) is 0.429. The second kappa shape index (κ2) is 6.32. The first-order valence-electron chi connectivity index (χ1n) is 6.14. The molecule has 5 heteroatoms. The second-order valence-electron chi connectivity index (χ2n) is 4.15.